The van der Waals surface area contributed by atoms with Crippen LogP contribution in [0.25, 0.3) is 0 Å². The summed E-state index contributed by atoms with van der Waals surface area (Å²) in [5.74, 6) is 0.167. The maximum absolute atomic E-state index is 13.0. The second kappa shape index (κ2) is 10.2. The van der Waals surface area contributed by atoms with Crippen molar-refractivity contribution in [3.8, 4) is 0 Å². The second-order valence-electron chi connectivity index (χ2n) is 7.91. The molecule has 2 fully saturated rings. The van der Waals surface area contributed by atoms with Gasteiger partial charge in [-0.2, -0.15) is 0 Å². The number of morpholine rings is 1. The number of aromatic nitrogens is 1. The van der Waals surface area contributed by atoms with Gasteiger partial charge in [-0.25, -0.2) is 9.78 Å². The largest absolute Gasteiger partial charge is 0.465 e. The zero-order chi connectivity index (χ0) is 22.5. The van der Waals surface area contributed by atoms with Crippen molar-refractivity contribution in [3.63, 3.8) is 0 Å². The van der Waals surface area contributed by atoms with Crippen LogP contribution in [0.4, 0.5) is 17.2 Å². The molecule has 1 N–H and O–H groups in total. The highest BCUT2D eigenvalue weighted by Gasteiger charge is 2.27. The maximum Gasteiger partial charge on any atom is 0.340 e. The van der Waals surface area contributed by atoms with Crippen molar-refractivity contribution in [2.24, 2.45) is 5.92 Å². The van der Waals surface area contributed by atoms with Crippen LogP contribution in [0.3, 0.4) is 0 Å². The Hall–Kier alpha value is -2.84. The molecule has 1 aromatic heterocycles. The molecule has 0 bridgehead atoms. The molecular formula is C23H27ClN4O4. The summed E-state index contributed by atoms with van der Waals surface area (Å²) in [6, 6.07) is 9.18. The molecule has 2 aliphatic rings. The average molecular weight is 459 g/mol. The van der Waals surface area contributed by atoms with Gasteiger partial charge in [0.2, 0.25) is 5.91 Å². The molecule has 0 spiro atoms. The minimum atomic E-state index is -0.473. The minimum Gasteiger partial charge on any atom is -0.465 e. The molecule has 0 radical (unpaired) electrons. The molecule has 3 heterocycles. The SMILES string of the molecule is COC(=O)c1cc(N2CCOCC2)ccc1NC(=O)C1CCN(c2ccc(Cl)cn2)CC1. The normalized spacial score (nSPS) is 17.2. The third-order valence-corrected chi connectivity index (χ3v) is 6.17. The number of hydrogen-bond donors (Lipinski definition) is 1. The number of ether oxygens (including phenoxy) is 2. The quantitative estimate of drug-likeness (QED) is 0.688. The van der Waals surface area contributed by atoms with E-state index in [2.05, 4.69) is 20.1 Å². The van der Waals surface area contributed by atoms with E-state index >= 15 is 0 Å². The standard InChI is InChI=1S/C23H27ClN4O4/c1-31-23(30)19-14-18(27-10-12-32-13-11-27)3-4-20(19)26-22(29)16-6-8-28(9-7-16)21-5-2-17(24)15-25-21/h2-5,14-16H,6-13H2,1H3,(H,26,29). The van der Waals surface area contributed by atoms with Crippen LogP contribution in [0.1, 0.15) is 23.2 Å². The number of nitrogens with zero attached hydrogens (tertiary/aromatic N) is 3. The first-order valence-corrected chi connectivity index (χ1v) is 11.2. The van der Waals surface area contributed by atoms with Gasteiger partial charge in [0, 0.05) is 44.0 Å². The van der Waals surface area contributed by atoms with Crippen LogP contribution in [0.15, 0.2) is 36.5 Å². The number of hydrogen-bond acceptors (Lipinski definition) is 7. The number of pyridine rings is 1. The third-order valence-electron chi connectivity index (χ3n) is 5.94. The van der Waals surface area contributed by atoms with Gasteiger partial charge in [0.1, 0.15) is 5.82 Å². The Kier molecular flexibility index (Phi) is 7.12. The van der Waals surface area contributed by atoms with Gasteiger partial charge in [0.15, 0.2) is 0 Å². The molecule has 8 nitrogen and oxygen atoms in total. The van der Waals surface area contributed by atoms with Crippen LogP contribution in [0.5, 0.6) is 0 Å². The Labute approximate surface area is 192 Å². The molecule has 32 heavy (non-hydrogen) atoms. The summed E-state index contributed by atoms with van der Waals surface area (Å²) in [5, 5.41) is 3.55. The van der Waals surface area contributed by atoms with E-state index in [0.717, 1.165) is 37.7 Å². The van der Waals surface area contributed by atoms with E-state index in [-0.39, 0.29) is 11.8 Å². The van der Waals surface area contributed by atoms with Crippen molar-refractivity contribution < 1.29 is 19.1 Å². The van der Waals surface area contributed by atoms with E-state index in [4.69, 9.17) is 21.1 Å². The molecule has 9 heteroatoms. The lowest BCUT2D eigenvalue weighted by Crippen LogP contribution is -2.38. The molecule has 0 saturated carbocycles. The number of piperidine rings is 1. The van der Waals surface area contributed by atoms with Crippen LogP contribution in [-0.4, -0.2) is 63.4 Å². The molecule has 0 atom stereocenters. The van der Waals surface area contributed by atoms with Crippen LogP contribution in [-0.2, 0) is 14.3 Å². The molecule has 1 amide bonds. The van der Waals surface area contributed by atoms with E-state index in [1.54, 1.807) is 18.3 Å². The molecule has 1 aromatic carbocycles. The van der Waals surface area contributed by atoms with Crippen LogP contribution >= 0.6 is 11.6 Å². The molecule has 2 saturated heterocycles. The minimum absolute atomic E-state index is 0.0852. The fourth-order valence-corrected chi connectivity index (χ4v) is 4.21. The van der Waals surface area contributed by atoms with Crippen molar-refractivity contribution in [1.29, 1.82) is 0 Å². The number of amides is 1. The number of methoxy groups -OCH3 is 1. The van der Waals surface area contributed by atoms with Gasteiger partial charge in [0.25, 0.3) is 0 Å². The van der Waals surface area contributed by atoms with Crippen molar-refractivity contribution in [1.82, 2.24) is 4.98 Å². The smallest absolute Gasteiger partial charge is 0.340 e. The summed E-state index contributed by atoms with van der Waals surface area (Å²) >= 11 is 5.92. The van der Waals surface area contributed by atoms with Gasteiger partial charge in [-0.1, -0.05) is 11.6 Å². The van der Waals surface area contributed by atoms with Crippen molar-refractivity contribution in [2.45, 2.75) is 12.8 Å². The Morgan fingerprint density at radius 1 is 1.09 bits per heavy atom. The molecule has 2 aliphatic heterocycles. The van der Waals surface area contributed by atoms with E-state index in [0.29, 0.717) is 42.3 Å². The molecule has 0 aliphatic carbocycles. The number of esters is 1. The van der Waals surface area contributed by atoms with Gasteiger partial charge in [-0.3, -0.25) is 4.79 Å². The predicted octanol–water partition coefficient (Wildman–Crippen LogP) is 3.21. The molecule has 170 valence electrons. The van der Waals surface area contributed by atoms with Gasteiger partial charge in [-0.15, -0.1) is 0 Å². The van der Waals surface area contributed by atoms with Gasteiger partial charge in [-0.05, 0) is 43.2 Å². The molecule has 0 unspecified atom stereocenters. The second-order valence-corrected chi connectivity index (χ2v) is 8.34. The first kappa shape index (κ1) is 22.4. The fraction of sp³-hybridized carbons (Fsp3) is 0.435. The van der Waals surface area contributed by atoms with Crippen molar-refractivity contribution in [3.05, 3.63) is 47.1 Å². The zero-order valence-electron chi connectivity index (χ0n) is 18.1. The number of halogens is 1. The fourth-order valence-electron chi connectivity index (χ4n) is 4.10. The summed E-state index contributed by atoms with van der Waals surface area (Å²) in [6.07, 6.45) is 3.04. The number of rotatable bonds is 5. The zero-order valence-corrected chi connectivity index (χ0v) is 18.8. The summed E-state index contributed by atoms with van der Waals surface area (Å²) < 4.78 is 10.4. The number of nitrogens with one attached hydrogen (secondary N) is 1. The van der Waals surface area contributed by atoms with E-state index < -0.39 is 5.97 Å². The Bertz CT molecular complexity index is 955. The summed E-state index contributed by atoms with van der Waals surface area (Å²) in [5.41, 5.74) is 1.74. The lowest BCUT2D eigenvalue weighted by molar-refractivity contribution is -0.120. The van der Waals surface area contributed by atoms with Gasteiger partial charge >= 0.3 is 5.97 Å². The lowest BCUT2D eigenvalue weighted by Gasteiger charge is -2.32. The summed E-state index contributed by atoms with van der Waals surface area (Å²) in [7, 11) is 1.34. The van der Waals surface area contributed by atoms with E-state index in [1.807, 2.05) is 18.2 Å². The molecular weight excluding hydrogens is 432 g/mol. The number of carbonyl (C=O) groups excluding carboxylic acids is 2. The third kappa shape index (κ3) is 5.14. The maximum atomic E-state index is 13.0. The Morgan fingerprint density at radius 3 is 2.50 bits per heavy atom. The van der Waals surface area contributed by atoms with E-state index in [1.165, 1.54) is 7.11 Å². The number of benzene rings is 1. The topological polar surface area (TPSA) is 84.0 Å². The molecule has 4 rings (SSSR count). The Morgan fingerprint density at radius 2 is 1.84 bits per heavy atom. The average Bonchev–Trinajstić information content (AvgIpc) is 2.85. The van der Waals surface area contributed by atoms with Crippen molar-refractivity contribution in [2.75, 3.05) is 61.6 Å². The van der Waals surface area contributed by atoms with Crippen LogP contribution in [0.2, 0.25) is 5.02 Å². The van der Waals surface area contributed by atoms with Gasteiger partial charge in [0.05, 0.1) is 36.6 Å². The highest BCUT2D eigenvalue weighted by molar-refractivity contribution is 6.30. The van der Waals surface area contributed by atoms with E-state index in [9.17, 15) is 9.59 Å². The summed E-state index contributed by atoms with van der Waals surface area (Å²) in [6.45, 7) is 4.27. The monoisotopic (exact) mass is 458 g/mol. The van der Waals surface area contributed by atoms with Crippen LogP contribution in [0, 0.1) is 5.92 Å². The highest BCUT2D eigenvalue weighted by atomic mass is 35.5. The Balaban J connectivity index is 1.42. The summed E-state index contributed by atoms with van der Waals surface area (Å²) in [4.78, 5) is 34.0. The van der Waals surface area contributed by atoms with Crippen LogP contribution < -0.4 is 15.1 Å². The lowest BCUT2D eigenvalue weighted by atomic mass is 9.95. The number of carbonyl (C=O) groups is 2. The molecule has 2 aromatic rings. The first-order chi connectivity index (χ1) is 15.5. The highest BCUT2D eigenvalue weighted by Crippen LogP contribution is 2.28. The number of anilines is 3. The van der Waals surface area contributed by atoms with Gasteiger partial charge < -0.3 is 24.6 Å². The van der Waals surface area contributed by atoms with Crippen molar-refractivity contribution >= 4 is 40.7 Å². The first-order valence-electron chi connectivity index (χ1n) is 10.8. The predicted molar refractivity (Wildman–Crippen MR) is 124 cm³/mol.